The van der Waals surface area contributed by atoms with Crippen LogP contribution in [0.3, 0.4) is 0 Å². The Balaban J connectivity index is 1.94. The van der Waals surface area contributed by atoms with Gasteiger partial charge in [0.25, 0.3) is 5.56 Å². The van der Waals surface area contributed by atoms with Gasteiger partial charge in [0.2, 0.25) is 5.75 Å². The van der Waals surface area contributed by atoms with Crippen LogP contribution in [0.4, 0.5) is 0 Å². The third-order valence-corrected chi connectivity index (χ3v) is 7.51. The van der Waals surface area contributed by atoms with Gasteiger partial charge in [-0.25, -0.2) is 9.79 Å². The summed E-state index contributed by atoms with van der Waals surface area (Å²) in [5.74, 6) is 0.770. The molecule has 3 aromatic rings. The fourth-order valence-electron chi connectivity index (χ4n) is 4.65. The number of hydrogen-bond acceptors (Lipinski definition) is 11. The predicted octanol–water partition coefficient (Wildman–Crippen LogP) is 3.39. The number of carbonyl (C=O) groups is 2. The second-order valence-corrected chi connectivity index (χ2v) is 11.0. The Labute approximate surface area is 252 Å². The maximum atomic E-state index is 14.1. The number of benzene rings is 2. The molecule has 1 aromatic heterocycles. The highest BCUT2D eigenvalue weighted by Crippen LogP contribution is 2.39. The quantitative estimate of drug-likeness (QED) is 0.251. The number of hydrogen-bond donors (Lipinski definition) is 0. The third-order valence-electron chi connectivity index (χ3n) is 6.53. The van der Waals surface area contributed by atoms with Gasteiger partial charge in [-0.05, 0) is 54.3 Å². The molecule has 4 rings (SSSR count). The second-order valence-electron chi connectivity index (χ2n) is 10.0. The van der Waals surface area contributed by atoms with E-state index in [-0.39, 0.29) is 35.2 Å². The summed E-state index contributed by atoms with van der Waals surface area (Å²) in [4.78, 5) is 44.2. The Morgan fingerprint density at radius 3 is 2.19 bits per heavy atom. The Morgan fingerprint density at radius 2 is 1.63 bits per heavy atom. The van der Waals surface area contributed by atoms with E-state index in [9.17, 15) is 14.4 Å². The van der Waals surface area contributed by atoms with Gasteiger partial charge in [0.15, 0.2) is 27.8 Å². The number of fused-ring (bicyclic) bond motifs is 1. The molecule has 0 N–H and O–H groups in total. The van der Waals surface area contributed by atoms with E-state index in [2.05, 4.69) is 4.99 Å². The van der Waals surface area contributed by atoms with E-state index in [0.717, 1.165) is 0 Å². The molecule has 0 bridgehead atoms. The van der Waals surface area contributed by atoms with Gasteiger partial charge in [-0.3, -0.25) is 14.2 Å². The fourth-order valence-corrected chi connectivity index (χ4v) is 5.69. The molecule has 0 amide bonds. The molecule has 228 valence electrons. The van der Waals surface area contributed by atoms with Crippen molar-refractivity contribution in [2.45, 2.75) is 33.7 Å². The average molecular weight is 611 g/mol. The van der Waals surface area contributed by atoms with E-state index in [0.29, 0.717) is 43.4 Å². The number of esters is 2. The SMILES string of the molecule is COc1cc([C@@H]2C(C(=O)OCC(C)C)=C(C)N=c3s/c(=C\c4cc(OC)c(OC)c(OC)c4)c(=O)n32)ccc1OC(C)=O. The van der Waals surface area contributed by atoms with Gasteiger partial charge in [-0.2, -0.15) is 0 Å². The number of methoxy groups -OCH3 is 4. The monoisotopic (exact) mass is 610 g/mol. The van der Waals surface area contributed by atoms with Crippen LogP contribution >= 0.6 is 11.3 Å². The molecule has 11 nitrogen and oxygen atoms in total. The minimum Gasteiger partial charge on any atom is -0.493 e. The molecule has 0 fully saturated rings. The van der Waals surface area contributed by atoms with Crippen molar-refractivity contribution < 1.29 is 38.0 Å². The maximum Gasteiger partial charge on any atom is 0.338 e. The normalized spacial score (nSPS) is 14.6. The van der Waals surface area contributed by atoms with Crippen LogP contribution in [0.1, 0.15) is 44.9 Å². The lowest BCUT2D eigenvalue weighted by molar-refractivity contribution is -0.140. The molecule has 0 radical (unpaired) electrons. The largest absolute Gasteiger partial charge is 0.493 e. The van der Waals surface area contributed by atoms with Crippen LogP contribution in [0.25, 0.3) is 6.08 Å². The van der Waals surface area contributed by atoms with E-state index in [1.165, 1.54) is 51.3 Å². The molecule has 1 aliphatic rings. The topological polar surface area (TPSA) is 124 Å². The molecule has 1 aliphatic heterocycles. The van der Waals surface area contributed by atoms with E-state index < -0.39 is 18.0 Å². The first-order chi connectivity index (χ1) is 20.5. The fraction of sp³-hybridized carbons (Fsp3) is 0.355. The molecular formula is C31H34N2O9S. The molecule has 2 heterocycles. The molecule has 0 spiro atoms. The van der Waals surface area contributed by atoms with Crippen LogP contribution in [0.2, 0.25) is 0 Å². The van der Waals surface area contributed by atoms with Crippen molar-refractivity contribution in [2.24, 2.45) is 10.9 Å². The highest BCUT2D eigenvalue weighted by Gasteiger charge is 2.34. The summed E-state index contributed by atoms with van der Waals surface area (Å²) in [7, 11) is 5.98. The first-order valence-electron chi connectivity index (χ1n) is 13.4. The summed E-state index contributed by atoms with van der Waals surface area (Å²) >= 11 is 1.18. The smallest absolute Gasteiger partial charge is 0.338 e. The van der Waals surface area contributed by atoms with Gasteiger partial charge < -0.3 is 28.4 Å². The zero-order chi connectivity index (χ0) is 31.4. The highest BCUT2D eigenvalue weighted by atomic mass is 32.1. The van der Waals surface area contributed by atoms with Crippen molar-refractivity contribution in [1.82, 2.24) is 4.57 Å². The summed E-state index contributed by atoms with van der Waals surface area (Å²) in [6.07, 6.45) is 1.70. The lowest BCUT2D eigenvalue weighted by atomic mass is 9.95. The molecule has 0 saturated carbocycles. The first kappa shape index (κ1) is 31.4. The summed E-state index contributed by atoms with van der Waals surface area (Å²) < 4.78 is 34.6. The zero-order valence-electron chi connectivity index (χ0n) is 25.3. The zero-order valence-corrected chi connectivity index (χ0v) is 26.1. The van der Waals surface area contributed by atoms with Crippen LogP contribution in [-0.4, -0.2) is 51.6 Å². The minimum absolute atomic E-state index is 0.103. The summed E-state index contributed by atoms with van der Waals surface area (Å²) in [6.45, 7) is 7.06. The van der Waals surface area contributed by atoms with E-state index >= 15 is 0 Å². The average Bonchev–Trinajstić information content (AvgIpc) is 3.28. The first-order valence-corrected chi connectivity index (χ1v) is 14.2. The Bertz CT molecular complexity index is 1740. The number of aromatic nitrogens is 1. The molecule has 0 unspecified atom stereocenters. The van der Waals surface area contributed by atoms with Crippen molar-refractivity contribution in [3.05, 3.63) is 72.4 Å². The molecular weight excluding hydrogens is 576 g/mol. The van der Waals surface area contributed by atoms with E-state index in [1.807, 2.05) is 13.8 Å². The predicted molar refractivity (Wildman–Crippen MR) is 160 cm³/mol. The maximum absolute atomic E-state index is 14.1. The van der Waals surface area contributed by atoms with Gasteiger partial charge >= 0.3 is 11.9 Å². The Morgan fingerprint density at radius 1 is 0.977 bits per heavy atom. The second kappa shape index (κ2) is 13.2. The number of allylic oxidation sites excluding steroid dienone is 1. The van der Waals surface area contributed by atoms with Crippen molar-refractivity contribution in [2.75, 3.05) is 35.0 Å². The number of carbonyl (C=O) groups excluding carboxylic acids is 2. The number of nitrogens with zero attached hydrogens (tertiary/aromatic N) is 2. The molecule has 0 aliphatic carbocycles. The van der Waals surface area contributed by atoms with Crippen molar-refractivity contribution in [3.63, 3.8) is 0 Å². The summed E-state index contributed by atoms with van der Waals surface area (Å²) in [5, 5.41) is 0. The van der Waals surface area contributed by atoms with Gasteiger partial charge in [-0.15, -0.1) is 0 Å². The van der Waals surface area contributed by atoms with Gasteiger partial charge in [0.1, 0.15) is 0 Å². The van der Waals surface area contributed by atoms with Gasteiger partial charge in [0, 0.05) is 6.92 Å². The molecule has 12 heteroatoms. The van der Waals surface area contributed by atoms with Gasteiger partial charge in [-0.1, -0.05) is 31.3 Å². The standard InChI is InChI=1S/C31H34N2O9S/c1-16(2)15-41-30(36)26-17(3)32-31-33(27(26)20-9-10-21(42-18(4)34)22(14-20)37-5)29(35)25(43-31)13-19-11-23(38-6)28(40-8)24(12-19)39-7/h9-14,16,27H,15H2,1-8H3/b25-13-/t27-/m1/s1. The Hall–Kier alpha value is -4.58. The molecule has 0 saturated heterocycles. The van der Waals surface area contributed by atoms with Crippen LogP contribution in [0.5, 0.6) is 28.7 Å². The Kier molecular flexibility index (Phi) is 9.59. The summed E-state index contributed by atoms with van der Waals surface area (Å²) in [5.41, 5.74) is 1.44. The number of thiazole rings is 1. The molecule has 43 heavy (non-hydrogen) atoms. The van der Waals surface area contributed by atoms with E-state index in [4.69, 9.17) is 28.4 Å². The van der Waals surface area contributed by atoms with Crippen molar-refractivity contribution in [1.29, 1.82) is 0 Å². The van der Waals surface area contributed by atoms with Crippen molar-refractivity contribution in [3.8, 4) is 28.7 Å². The van der Waals surface area contributed by atoms with Crippen LogP contribution in [-0.2, 0) is 14.3 Å². The van der Waals surface area contributed by atoms with Gasteiger partial charge in [0.05, 0.1) is 56.9 Å². The summed E-state index contributed by atoms with van der Waals surface area (Å²) in [6, 6.07) is 7.45. The number of ether oxygens (including phenoxy) is 6. The number of rotatable bonds is 10. The van der Waals surface area contributed by atoms with E-state index in [1.54, 1.807) is 43.3 Å². The minimum atomic E-state index is -0.890. The third kappa shape index (κ3) is 6.43. The van der Waals surface area contributed by atoms with Crippen molar-refractivity contribution >= 4 is 29.4 Å². The van der Waals surface area contributed by atoms with Crippen LogP contribution < -0.4 is 38.6 Å². The highest BCUT2D eigenvalue weighted by molar-refractivity contribution is 7.07. The molecule has 2 aromatic carbocycles. The van der Waals surface area contributed by atoms with Crippen LogP contribution in [0.15, 0.2) is 51.4 Å². The lowest BCUT2D eigenvalue weighted by Gasteiger charge is -2.25. The van der Waals surface area contributed by atoms with Crippen LogP contribution in [0, 0.1) is 5.92 Å². The lowest BCUT2D eigenvalue weighted by Crippen LogP contribution is -2.40. The molecule has 1 atom stereocenters.